The van der Waals surface area contributed by atoms with Crippen molar-refractivity contribution in [2.75, 3.05) is 0 Å². The second kappa shape index (κ2) is 3.99. The molecule has 0 aliphatic rings. The van der Waals surface area contributed by atoms with Gasteiger partial charge in [0.25, 0.3) is 0 Å². The largest absolute Gasteiger partial charge is 0.475 e. The Labute approximate surface area is 88.5 Å². The van der Waals surface area contributed by atoms with E-state index < -0.39 is 33.6 Å². The quantitative estimate of drug-likeness (QED) is 0.573. The highest BCUT2D eigenvalue weighted by molar-refractivity contribution is 7.86. The Bertz CT molecular complexity index is 414. The van der Waals surface area contributed by atoms with Gasteiger partial charge in [0.1, 0.15) is 0 Å². The molecule has 0 aromatic carbocycles. The second-order valence-electron chi connectivity index (χ2n) is 2.43. The predicted molar refractivity (Wildman–Crippen MR) is 35.1 cm³/mol. The zero-order valence-corrected chi connectivity index (χ0v) is 8.02. The lowest BCUT2D eigenvalue weighted by Crippen LogP contribution is -2.53. The fourth-order valence-corrected chi connectivity index (χ4v) is 0.756. The molecule has 0 unspecified atom stereocenters. The molecule has 0 aliphatic heterocycles. The van der Waals surface area contributed by atoms with Crippen LogP contribution < -0.4 is 0 Å². The van der Waals surface area contributed by atoms with E-state index in [1.165, 1.54) is 0 Å². The van der Waals surface area contributed by atoms with E-state index in [-0.39, 0.29) is 0 Å². The zero-order valence-electron chi connectivity index (χ0n) is 7.20. The van der Waals surface area contributed by atoms with Gasteiger partial charge in [-0.25, -0.2) is 9.53 Å². The normalized spacial score (nSPS) is 14.8. The molecule has 102 valence electrons. The maximum absolute atomic E-state index is 12.3. The molecular weight excluding hydrogens is 290 g/mol. The van der Waals surface area contributed by atoms with Crippen LogP contribution in [0.4, 0.5) is 26.3 Å². The van der Waals surface area contributed by atoms with Gasteiger partial charge in [0.05, 0.1) is 0 Å². The van der Waals surface area contributed by atoms with Crippen LogP contribution in [0.1, 0.15) is 0 Å². The number of carbonyl (C=O) groups is 1. The Morgan fingerprint density at radius 3 is 1.65 bits per heavy atom. The third kappa shape index (κ3) is 2.98. The van der Waals surface area contributed by atoms with Crippen LogP contribution in [0.3, 0.4) is 0 Å². The van der Waals surface area contributed by atoms with Gasteiger partial charge in [-0.3, -0.25) is 4.55 Å². The summed E-state index contributed by atoms with van der Waals surface area (Å²) in [4.78, 5) is 9.61. The SMILES string of the molecule is O=C(O)C(F)(F)OC(F)(F)C(F)(F)S(=O)(=O)O. The van der Waals surface area contributed by atoms with Crippen LogP contribution in [0.2, 0.25) is 0 Å². The van der Waals surface area contributed by atoms with Gasteiger partial charge in [0.15, 0.2) is 0 Å². The summed E-state index contributed by atoms with van der Waals surface area (Å²) in [5.74, 6) is -3.36. The second-order valence-corrected chi connectivity index (χ2v) is 3.90. The Morgan fingerprint density at radius 2 is 1.41 bits per heavy atom. The molecule has 0 aliphatic carbocycles. The summed E-state index contributed by atoms with van der Waals surface area (Å²) in [6.07, 6.45) is -12.2. The van der Waals surface area contributed by atoms with Gasteiger partial charge in [0.2, 0.25) is 0 Å². The molecule has 0 radical (unpaired) electrons. The van der Waals surface area contributed by atoms with Gasteiger partial charge in [-0.1, -0.05) is 0 Å². The number of alkyl halides is 6. The highest BCUT2D eigenvalue weighted by Gasteiger charge is 2.71. The molecule has 0 aromatic rings. The van der Waals surface area contributed by atoms with Crippen molar-refractivity contribution in [3.05, 3.63) is 0 Å². The summed E-state index contributed by atoms with van der Waals surface area (Å²) in [5.41, 5.74) is 0. The van der Waals surface area contributed by atoms with Crippen molar-refractivity contribution in [3.8, 4) is 0 Å². The highest BCUT2D eigenvalue weighted by atomic mass is 32.2. The van der Waals surface area contributed by atoms with Crippen LogP contribution >= 0.6 is 0 Å². The lowest BCUT2D eigenvalue weighted by atomic mass is 10.6. The van der Waals surface area contributed by atoms with Crippen LogP contribution in [-0.2, 0) is 19.6 Å². The van der Waals surface area contributed by atoms with Crippen LogP contribution in [0.15, 0.2) is 0 Å². The Morgan fingerprint density at radius 1 is 1.06 bits per heavy atom. The number of halogens is 6. The molecule has 0 bridgehead atoms. The smallest absolute Gasteiger partial charge is 0.460 e. The molecule has 6 nitrogen and oxygen atoms in total. The molecule has 13 heteroatoms. The van der Waals surface area contributed by atoms with Crippen molar-refractivity contribution in [2.45, 2.75) is 17.5 Å². The van der Waals surface area contributed by atoms with E-state index in [1.54, 1.807) is 0 Å². The van der Waals surface area contributed by atoms with E-state index in [4.69, 9.17) is 9.66 Å². The highest BCUT2D eigenvalue weighted by Crippen LogP contribution is 2.42. The number of hydrogen-bond acceptors (Lipinski definition) is 4. The monoisotopic (exact) mass is 292 g/mol. The first-order chi connectivity index (χ1) is 7.15. The summed E-state index contributed by atoms with van der Waals surface area (Å²) in [6, 6.07) is 0. The Balaban J connectivity index is 5.39. The number of aliphatic carboxylic acids is 1. The standard InChI is InChI=1S/C4H2F6O6S/c5-2(6,1(11)12)16-3(7,8)4(9,10)17(13,14)15/h(H,11,12)(H,13,14,15). The maximum Gasteiger partial charge on any atom is 0.460 e. The number of carboxylic acids is 1. The van der Waals surface area contributed by atoms with Crippen molar-refractivity contribution < 1.29 is 54.0 Å². The van der Waals surface area contributed by atoms with Crippen molar-refractivity contribution in [1.82, 2.24) is 0 Å². The zero-order chi connectivity index (χ0) is 14.3. The summed E-state index contributed by atoms with van der Waals surface area (Å²) in [7, 11) is -6.79. The molecular formula is C4H2F6O6S. The van der Waals surface area contributed by atoms with E-state index >= 15 is 0 Å². The molecule has 0 rings (SSSR count). The molecule has 0 atom stereocenters. The lowest BCUT2D eigenvalue weighted by Gasteiger charge is -2.25. The molecule has 0 saturated heterocycles. The van der Waals surface area contributed by atoms with E-state index in [9.17, 15) is 39.6 Å². The molecule has 0 heterocycles. The third-order valence-electron chi connectivity index (χ3n) is 1.17. The number of hydrogen-bond donors (Lipinski definition) is 2. The molecule has 0 amide bonds. The van der Waals surface area contributed by atoms with Gasteiger partial charge in [-0.15, -0.1) is 0 Å². The molecule has 0 saturated carbocycles. The van der Waals surface area contributed by atoms with Crippen molar-refractivity contribution in [3.63, 3.8) is 0 Å². The van der Waals surface area contributed by atoms with Gasteiger partial charge >= 0.3 is 33.6 Å². The molecule has 0 fully saturated rings. The molecule has 0 spiro atoms. The van der Waals surface area contributed by atoms with Gasteiger partial charge in [-0.2, -0.15) is 34.8 Å². The predicted octanol–water partition coefficient (Wildman–Crippen LogP) is 0.754. The van der Waals surface area contributed by atoms with Crippen LogP contribution in [-0.4, -0.2) is 41.5 Å². The van der Waals surface area contributed by atoms with E-state index in [1.807, 2.05) is 4.74 Å². The first-order valence-corrected chi connectivity index (χ1v) is 4.63. The van der Waals surface area contributed by atoms with Crippen molar-refractivity contribution >= 4 is 16.1 Å². The fourth-order valence-electron chi connectivity index (χ4n) is 0.414. The third-order valence-corrected chi connectivity index (χ3v) is 2.05. The minimum absolute atomic E-state index is 1.92. The van der Waals surface area contributed by atoms with E-state index in [0.29, 0.717) is 0 Å². The fraction of sp³-hybridized carbons (Fsp3) is 0.750. The minimum atomic E-state index is -6.79. The Kier molecular flexibility index (Phi) is 3.74. The average molecular weight is 292 g/mol. The lowest BCUT2D eigenvalue weighted by molar-refractivity contribution is -0.403. The summed E-state index contributed by atoms with van der Waals surface area (Å²) < 4.78 is 102. The Hall–Kier alpha value is -1.08. The van der Waals surface area contributed by atoms with E-state index in [0.717, 1.165) is 0 Å². The van der Waals surface area contributed by atoms with Crippen LogP contribution in [0.5, 0.6) is 0 Å². The number of carboxylic acid groups (broad SMARTS) is 1. The topological polar surface area (TPSA) is 101 Å². The summed E-state index contributed by atoms with van der Waals surface area (Å²) in [6.45, 7) is 0. The van der Waals surface area contributed by atoms with Gasteiger partial charge < -0.3 is 5.11 Å². The van der Waals surface area contributed by atoms with Gasteiger partial charge in [-0.05, 0) is 0 Å². The first-order valence-electron chi connectivity index (χ1n) is 3.19. The molecule has 0 aromatic heterocycles. The van der Waals surface area contributed by atoms with Crippen molar-refractivity contribution in [1.29, 1.82) is 0 Å². The molecule has 17 heavy (non-hydrogen) atoms. The van der Waals surface area contributed by atoms with Gasteiger partial charge in [0, 0.05) is 0 Å². The first kappa shape index (κ1) is 15.9. The average Bonchev–Trinajstić information content (AvgIpc) is 1.98. The summed E-state index contributed by atoms with van der Waals surface area (Å²) in [5, 5.41) is 1.16. The van der Waals surface area contributed by atoms with E-state index in [2.05, 4.69) is 0 Å². The summed E-state index contributed by atoms with van der Waals surface area (Å²) >= 11 is 0. The number of rotatable bonds is 5. The minimum Gasteiger partial charge on any atom is -0.475 e. The van der Waals surface area contributed by atoms with Crippen molar-refractivity contribution in [2.24, 2.45) is 0 Å². The van der Waals surface area contributed by atoms with Crippen LogP contribution in [0.25, 0.3) is 0 Å². The maximum atomic E-state index is 12.3. The van der Waals surface area contributed by atoms with Crippen LogP contribution in [0, 0.1) is 0 Å². The molecule has 2 N–H and O–H groups in total. The number of ether oxygens (including phenoxy) is 1.